The van der Waals surface area contributed by atoms with Crippen molar-refractivity contribution in [1.29, 1.82) is 0 Å². The molecule has 6 heteroatoms. The minimum Gasteiger partial charge on any atom is -0.458 e. The van der Waals surface area contributed by atoms with Gasteiger partial charge in [-0.25, -0.2) is 4.79 Å². The Kier molecular flexibility index (Phi) is 4.92. The van der Waals surface area contributed by atoms with Crippen LogP contribution < -0.4 is 5.32 Å². The van der Waals surface area contributed by atoms with E-state index in [1.807, 2.05) is 13.8 Å². The van der Waals surface area contributed by atoms with Crippen molar-refractivity contribution in [1.82, 2.24) is 10.5 Å². The molecule has 112 valence electrons. The van der Waals surface area contributed by atoms with Gasteiger partial charge < -0.3 is 14.6 Å². The van der Waals surface area contributed by atoms with Gasteiger partial charge in [0, 0.05) is 5.56 Å². The second kappa shape index (κ2) is 6.07. The van der Waals surface area contributed by atoms with Crippen LogP contribution >= 0.6 is 0 Å². The number of amides is 1. The van der Waals surface area contributed by atoms with Gasteiger partial charge in [-0.2, -0.15) is 0 Å². The van der Waals surface area contributed by atoms with Gasteiger partial charge in [-0.1, -0.05) is 19.0 Å². The third-order valence-corrected chi connectivity index (χ3v) is 2.57. The van der Waals surface area contributed by atoms with Crippen molar-refractivity contribution in [3.63, 3.8) is 0 Å². The molecule has 20 heavy (non-hydrogen) atoms. The maximum absolute atomic E-state index is 12.1. The van der Waals surface area contributed by atoms with Gasteiger partial charge in [-0.15, -0.1) is 0 Å². The van der Waals surface area contributed by atoms with E-state index in [4.69, 9.17) is 9.26 Å². The molecule has 0 unspecified atom stereocenters. The number of hydrogen-bond donors (Lipinski definition) is 1. The third kappa shape index (κ3) is 4.36. The van der Waals surface area contributed by atoms with E-state index >= 15 is 0 Å². The molecule has 1 amide bonds. The molecule has 1 aromatic heterocycles. The van der Waals surface area contributed by atoms with Crippen LogP contribution in [0.3, 0.4) is 0 Å². The summed E-state index contributed by atoms with van der Waals surface area (Å²) < 4.78 is 10.2. The summed E-state index contributed by atoms with van der Waals surface area (Å²) in [7, 11) is 0. The minimum absolute atomic E-state index is 0.1000. The summed E-state index contributed by atoms with van der Waals surface area (Å²) in [5, 5.41) is 6.18. The van der Waals surface area contributed by atoms with E-state index in [2.05, 4.69) is 10.5 Å². The topological polar surface area (TPSA) is 81.4 Å². The van der Waals surface area contributed by atoms with Gasteiger partial charge in [0.15, 0.2) is 0 Å². The van der Waals surface area contributed by atoms with Crippen molar-refractivity contribution in [2.75, 3.05) is 0 Å². The molecule has 1 aromatic rings. The molecule has 0 spiro atoms. The van der Waals surface area contributed by atoms with Crippen LogP contribution in [0.2, 0.25) is 0 Å². The number of carbonyl (C=O) groups excluding carboxylic acids is 2. The summed E-state index contributed by atoms with van der Waals surface area (Å²) in [6, 6.07) is -0.730. The molecule has 0 fully saturated rings. The highest BCUT2D eigenvalue weighted by atomic mass is 16.6. The van der Waals surface area contributed by atoms with Crippen LogP contribution in [0.25, 0.3) is 0 Å². The summed E-state index contributed by atoms with van der Waals surface area (Å²) >= 11 is 0. The fourth-order valence-electron chi connectivity index (χ4n) is 1.58. The minimum atomic E-state index is -0.730. The molecule has 1 N–H and O–H groups in total. The van der Waals surface area contributed by atoms with E-state index in [9.17, 15) is 9.59 Å². The molecular weight excluding hydrogens is 260 g/mol. The van der Waals surface area contributed by atoms with Crippen molar-refractivity contribution in [3.8, 4) is 0 Å². The van der Waals surface area contributed by atoms with Crippen LogP contribution in [0, 0.1) is 12.8 Å². The molecule has 1 atom stereocenters. The number of aromatic nitrogens is 1. The Hall–Kier alpha value is -1.85. The summed E-state index contributed by atoms with van der Waals surface area (Å²) in [5.41, 5.74) is 0.0195. The highest BCUT2D eigenvalue weighted by molar-refractivity contribution is 5.95. The highest BCUT2D eigenvalue weighted by Crippen LogP contribution is 2.14. The van der Waals surface area contributed by atoms with E-state index in [1.54, 1.807) is 27.7 Å². The number of nitrogens with zero attached hydrogens (tertiary/aromatic N) is 1. The zero-order valence-electron chi connectivity index (χ0n) is 12.8. The van der Waals surface area contributed by atoms with Gasteiger partial charge in [-0.05, 0) is 33.6 Å². The van der Waals surface area contributed by atoms with E-state index in [-0.39, 0.29) is 11.7 Å². The second-order valence-corrected chi connectivity index (χ2v) is 6.07. The maximum Gasteiger partial charge on any atom is 0.329 e. The summed E-state index contributed by atoms with van der Waals surface area (Å²) in [6.45, 7) is 10.7. The number of ether oxygens (including phenoxy) is 1. The lowest BCUT2D eigenvalue weighted by atomic mass is 10.0. The largest absolute Gasteiger partial charge is 0.458 e. The summed E-state index contributed by atoms with van der Waals surface area (Å²) in [6.07, 6.45) is 1.45. The zero-order valence-corrected chi connectivity index (χ0v) is 12.8. The van der Waals surface area contributed by atoms with Gasteiger partial charge >= 0.3 is 5.97 Å². The lowest BCUT2D eigenvalue weighted by Gasteiger charge is -2.26. The Morgan fingerprint density at radius 1 is 1.35 bits per heavy atom. The number of esters is 1. The molecular formula is C14H22N2O4. The standard InChI is InChI=1S/C14H22N2O4/c1-8(2)10(13(18)19-14(4,5)6)16-12(17)11-9(3)7-15-20-11/h7-8,10H,1-6H3,(H,16,17)/t10-/m1/s1. The molecule has 6 nitrogen and oxygen atoms in total. The number of rotatable bonds is 4. The molecule has 0 aliphatic carbocycles. The monoisotopic (exact) mass is 282 g/mol. The quantitative estimate of drug-likeness (QED) is 0.855. The smallest absolute Gasteiger partial charge is 0.329 e. The predicted octanol–water partition coefficient (Wildman–Crippen LogP) is 2.08. The van der Waals surface area contributed by atoms with Crippen molar-refractivity contribution < 1.29 is 18.8 Å². The maximum atomic E-state index is 12.1. The van der Waals surface area contributed by atoms with Crippen LogP contribution in [0.1, 0.15) is 50.7 Å². The molecule has 0 aliphatic heterocycles. The van der Waals surface area contributed by atoms with E-state index in [1.165, 1.54) is 6.20 Å². The fourth-order valence-corrected chi connectivity index (χ4v) is 1.58. The normalized spacial score (nSPS) is 13.2. The molecule has 0 radical (unpaired) electrons. The molecule has 0 saturated carbocycles. The van der Waals surface area contributed by atoms with Crippen LogP contribution in [0.5, 0.6) is 0 Å². The Morgan fingerprint density at radius 2 is 1.95 bits per heavy atom. The Morgan fingerprint density at radius 3 is 2.35 bits per heavy atom. The number of aryl methyl sites for hydroxylation is 1. The molecule has 1 rings (SSSR count). The van der Waals surface area contributed by atoms with E-state index in [0.717, 1.165) is 0 Å². The molecule has 0 bridgehead atoms. The number of carbonyl (C=O) groups is 2. The Labute approximate surface area is 118 Å². The first-order valence-corrected chi connectivity index (χ1v) is 6.57. The van der Waals surface area contributed by atoms with Gasteiger partial charge in [0.25, 0.3) is 5.91 Å². The highest BCUT2D eigenvalue weighted by Gasteiger charge is 2.30. The van der Waals surface area contributed by atoms with Crippen molar-refractivity contribution in [2.24, 2.45) is 5.92 Å². The first-order valence-electron chi connectivity index (χ1n) is 6.57. The van der Waals surface area contributed by atoms with Crippen molar-refractivity contribution in [2.45, 2.75) is 53.2 Å². The predicted molar refractivity (Wildman–Crippen MR) is 73.2 cm³/mol. The SMILES string of the molecule is Cc1cnoc1C(=O)N[C@@H](C(=O)OC(C)(C)C)C(C)C. The summed E-state index contributed by atoms with van der Waals surface area (Å²) in [4.78, 5) is 24.2. The lowest BCUT2D eigenvalue weighted by molar-refractivity contribution is -0.158. The molecule has 0 saturated heterocycles. The second-order valence-electron chi connectivity index (χ2n) is 6.07. The van der Waals surface area contributed by atoms with Gasteiger partial charge in [-0.3, -0.25) is 4.79 Å². The number of nitrogens with one attached hydrogen (secondary N) is 1. The zero-order chi connectivity index (χ0) is 15.5. The van der Waals surface area contributed by atoms with Crippen molar-refractivity contribution >= 4 is 11.9 Å². The summed E-state index contributed by atoms with van der Waals surface area (Å²) in [5.74, 6) is -0.918. The van der Waals surface area contributed by atoms with E-state index < -0.39 is 23.5 Å². The van der Waals surface area contributed by atoms with Crippen LogP contribution in [-0.4, -0.2) is 28.7 Å². The Balaban J connectivity index is 2.81. The van der Waals surface area contributed by atoms with Crippen LogP contribution in [0.4, 0.5) is 0 Å². The molecule has 1 heterocycles. The molecule has 0 aromatic carbocycles. The average molecular weight is 282 g/mol. The first kappa shape index (κ1) is 16.2. The Bertz CT molecular complexity index is 486. The van der Waals surface area contributed by atoms with Crippen LogP contribution in [-0.2, 0) is 9.53 Å². The van der Waals surface area contributed by atoms with Gasteiger partial charge in [0.1, 0.15) is 11.6 Å². The third-order valence-electron chi connectivity index (χ3n) is 2.57. The lowest BCUT2D eigenvalue weighted by Crippen LogP contribution is -2.47. The average Bonchev–Trinajstić information content (AvgIpc) is 2.69. The molecule has 0 aliphatic rings. The van der Waals surface area contributed by atoms with E-state index in [0.29, 0.717) is 5.56 Å². The first-order chi connectivity index (χ1) is 9.11. The van der Waals surface area contributed by atoms with Crippen LogP contribution in [0.15, 0.2) is 10.7 Å². The van der Waals surface area contributed by atoms with Gasteiger partial charge in [0.05, 0.1) is 6.20 Å². The number of hydrogen-bond acceptors (Lipinski definition) is 5. The fraction of sp³-hybridized carbons (Fsp3) is 0.643. The van der Waals surface area contributed by atoms with Crippen molar-refractivity contribution in [3.05, 3.63) is 17.5 Å². The van der Waals surface area contributed by atoms with Gasteiger partial charge in [0.2, 0.25) is 5.76 Å².